The maximum Gasteiger partial charge on any atom is 0.266 e. The maximum atomic E-state index is 13.2. The molecule has 1 aromatic heterocycles. The summed E-state index contributed by atoms with van der Waals surface area (Å²) in [4.78, 5) is 18.0. The van der Waals surface area contributed by atoms with Crippen LogP contribution >= 0.6 is 11.8 Å². The summed E-state index contributed by atoms with van der Waals surface area (Å²) in [7, 11) is 0. The van der Waals surface area contributed by atoms with Gasteiger partial charge in [0.25, 0.3) is 5.56 Å². The SMILES string of the molecule is CCc1ccc(-n2c(SCC3CCCCO3)nc3ccccc3c2=O)cc1. The van der Waals surface area contributed by atoms with Gasteiger partial charge in [0.1, 0.15) is 0 Å². The van der Waals surface area contributed by atoms with Crippen LogP contribution in [0.4, 0.5) is 0 Å². The maximum absolute atomic E-state index is 13.2. The van der Waals surface area contributed by atoms with Crippen LogP contribution in [0.2, 0.25) is 0 Å². The van der Waals surface area contributed by atoms with Crippen molar-refractivity contribution >= 4 is 22.7 Å². The summed E-state index contributed by atoms with van der Waals surface area (Å²) in [6.45, 7) is 2.96. The molecule has 2 heterocycles. The highest BCUT2D eigenvalue weighted by Crippen LogP contribution is 2.25. The average molecular weight is 381 g/mol. The summed E-state index contributed by atoms with van der Waals surface area (Å²) in [6.07, 6.45) is 4.65. The van der Waals surface area contributed by atoms with Crippen LogP contribution in [0.15, 0.2) is 58.5 Å². The van der Waals surface area contributed by atoms with Crippen molar-refractivity contribution in [2.24, 2.45) is 0 Å². The lowest BCUT2D eigenvalue weighted by molar-refractivity contribution is 0.0315. The number of nitrogens with zero attached hydrogens (tertiary/aromatic N) is 2. The van der Waals surface area contributed by atoms with E-state index in [1.54, 1.807) is 16.3 Å². The van der Waals surface area contributed by atoms with E-state index in [1.165, 1.54) is 12.0 Å². The van der Waals surface area contributed by atoms with Crippen molar-refractivity contribution in [1.29, 1.82) is 0 Å². The number of aryl methyl sites for hydroxylation is 1. The van der Waals surface area contributed by atoms with Crippen LogP contribution < -0.4 is 5.56 Å². The molecular formula is C22H24N2O2S. The molecule has 1 saturated heterocycles. The molecule has 3 aromatic rings. The highest BCUT2D eigenvalue weighted by molar-refractivity contribution is 7.99. The van der Waals surface area contributed by atoms with Crippen molar-refractivity contribution in [3.8, 4) is 5.69 Å². The summed E-state index contributed by atoms with van der Waals surface area (Å²) in [5.41, 5.74) is 2.85. The lowest BCUT2D eigenvalue weighted by atomic mass is 10.1. The monoisotopic (exact) mass is 380 g/mol. The molecular weight excluding hydrogens is 356 g/mol. The molecule has 1 atom stereocenters. The fourth-order valence-electron chi connectivity index (χ4n) is 3.42. The Morgan fingerprint density at radius 2 is 1.96 bits per heavy atom. The largest absolute Gasteiger partial charge is 0.377 e. The van der Waals surface area contributed by atoms with Crippen molar-refractivity contribution in [3.05, 3.63) is 64.4 Å². The van der Waals surface area contributed by atoms with Crippen LogP contribution in [0.1, 0.15) is 31.7 Å². The van der Waals surface area contributed by atoms with E-state index in [-0.39, 0.29) is 11.7 Å². The first-order chi connectivity index (χ1) is 13.3. The number of rotatable bonds is 5. The first-order valence-corrected chi connectivity index (χ1v) is 10.6. The fourth-order valence-corrected chi connectivity index (χ4v) is 4.50. The third-order valence-corrected chi connectivity index (χ3v) is 6.09. The van der Waals surface area contributed by atoms with E-state index in [4.69, 9.17) is 9.72 Å². The second-order valence-corrected chi connectivity index (χ2v) is 7.86. The molecule has 1 fully saturated rings. The molecule has 0 bridgehead atoms. The molecule has 140 valence electrons. The van der Waals surface area contributed by atoms with Gasteiger partial charge in [-0.15, -0.1) is 0 Å². The van der Waals surface area contributed by atoms with Gasteiger partial charge >= 0.3 is 0 Å². The highest BCUT2D eigenvalue weighted by atomic mass is 32.2. The van der Waals surface area contributed by atoms with Crippen LogP contribution in [0.5, 0.6) is 0 Å². The minimum absolute atomic E-state index is 0.0167. The van der Waals surface area contributed by atoms with Crippen LogP contribution in [-0.2, 0) is 11.2 Å². The van der Waals surface area contributed by atoms with Crippen LogP contribution in [-0.4, -0.2) is 28.0 Å². The molecule has 0 aliphatic carbocycles. The molecule has 0 saturated carbocycles. The number of hydrogen-bond donors (Lipinski definition) is 0. The first-order valence-electron chi connectivity index (χ1n) is 9.62. The Hall–Kier alpha value is -2.11. The van der Waals surface area contributed by atoms with E-state index in [9.17, 15) is 4.79 Å². The number of hydrogen-bond acceptors (Lipinski definition) is 4. The molecule has 0 radical (unpaired) electrons. The molecule has 4 rings (SSSR count). The van der Waals surface area contributed by atoms with Gasteiger partial charge in [0.2, 0.25) is 0 Å². The smallest absolute Gasteiger partial charge is 0.266 e. The molecule has 27 heavy (non-hydrogen) atoms. The molecule has 1 aliphatic rings. The van der Waals surface area contributed by atoms with Gasteiger partial charge in [-0.05, 0) is 55.5 Å². The van der Waals surface area contributed by atoms with Crippen molar-refractivity contribution in [3.63, 3.8) is 0 Å². The Kier molecular flexibility index (Phi) is 5.60. The van der Waals surface area contributed by atoms with Gasteiger partial charge in [-0.25, -0.2) is 4.98 Å². The lowest BCUT2D eigenvalue weighted by Gasteiger charge is -2.22. The fraction of sp³-hybridized carbons (Fsp3) is 0.364. The Morgan fingerprint density at radius 1 is 1.15 bits per heavy atom. The zero-order chi connectivity index (χ0) is 18.6. The van der Waals surface area contributed by atoms with Crippen LogP contribution in [0, 0.1) is 0 Å². The highest BCUT2D eigenvalue weighted by Gasteiger charge is 2.18. The van der Waals surface area contributed by atoms with Crippen LogP contribution in [0.25, 0.3) is 16.6 Å². The average Bonchev–Trinajstić information content (AvgIpc) is 2.73. The van der Waals surface area contributed by atoms with Gasteiger partial charge in [0, 0.05) is 12.4 Å². The Morgan fingerprint density at radius 3 is 2.70 bits per heavy atom. The van der Waals surface area contributed by atoms with Gasteiger partial charge in [0.15, 0.2) is 5.16 Å². The molecule has 5 heteroatoms. The summed E-state index contributed by atoms with van der Waals surface area (Å²) in [6, 6.07) is 15.7. The van der Waals surface area contributed by atoms with Gasteiger partial charge < -0.3 is 4.74 Å². The van der Waals surface area contributed by atoms with Gasteiger partial charge in [-0.2, -0.15) is 0 Å². The third kappa shape index (κ3) is 3.94. The van der Waals surface area contributed by atoms with Crippen molar-refractivity contribution in [2.45, 2.75) is 43.9 Å². The molecule has 4 nitrogen and oxygen atoms in total. The minimum atomic E-state index is -0.0167. The topological polar surface area (TPSA) is 44.1 Å². The quantitative estimate of drug-likeness (QED) is 0.479. The number of aromatic nitrogens is 2. The lowest BCUT2D eigenvalue weighted by Crippen LogP contribution is -2.24. The van der Waals surface area contributed by atoms with E-state index in [0.29, 0.717) is 5.39 Å². The number of benzene rings is 2. The number of para-hydroxylation sites is 1. The standard InChI is InChI=1S/C22H24N2O2S/c1-2-16-10-12-17(13-11-16)24-21(25)19-8-3-4-9-20(19)23-22(24)27-15-18-7-5-6-14-26-18/h3-4,8-13,18H,2,5-7,14-15H2,1H3. The Labute approximate surface area is 163 Å². The number of ether oxygens (including phenoxy) is 1. The van der Waals surface area contributed by atoms with Gasteiger partial charge in [-0.1, -0.05) is 43.0 Å². The molecule has 1 aliphatic heterocycles. The zero-order valence-electron chi connectivity index (χ0n) is 15.6. The summed E-state index contributed by atoms with van der Waals surface area (Å²) in [5.74, 6) is 0.817. The zero-order valence-corrected chi connectivity index (χ0v) is 16.4. The second-order valence-electron chi connectivity index (χ2n) is 6.87. The third-order valence-electron chi connectivity index (χ3n) is 5.02. The Balaban J connectivity index is 1.75. The predicted octanol–water partition coefficient (Wildman–Crippen LogP) is 4.61. The second kappa shape index (κ2) is 8.28. The number of fused-ring (bicyclic) bond motifs is 1. The van der Waals surface area contributed by atoms with E-state index in [2.05, 4.69) is 19.1 Å². The molecule has 0 spiro atoms. The van der Waals surface area contributed by atoms with Crippen LogP contribution in [0.3, 0.4) is 0 Å². The molecule has 0 amide bonds. The predicted molar refractivity (Wildman–Crippen MR) is 111 cm³/mol. The van der Waals surface area contributed by atoms with E-state index < -0.39 is 0 Å². The molecule has 1 unspecified atom stereocenters. The molecule has 2 aromatic carbocycles. The van der Waals surface area contributed by atoms with E-state index >= 15 is 0 Å². The van der Waals surface area contributed by atoms with Crippen molar-refractivity contribution < 1.29 is 4.74 Å². The Bertz CT molecular complexity index is 976. The van der Waals surface area contributed by atoms with Crippen molar-refractivity contribution in [1.82, 2.24) is 9.55 Å². The minimum Gasteiger partial charge on any atom is -0.377 e. The van der Waals surface area contributed by atoms with E-state index in [0.717, 1.165) is 48.0 Å². The normalized spacial score (nSPS) is 17.3. The summed E-state index contributed by atoms with van der Waals surface area (Å²) >= 11 is 1.61. The summed E-state index contributed by atoms with van der Waals surface area (Å²) < 4.78 is 7.60. The molecule has 0 N–H and O–H groups in total. The van der Waals surface area contributed by atoms with Gasteiger partial charge in [-0.3, -0.25) is 9.36 Å². The summed E-state index contributed by atoms with van der Waals surface area (Å²) in [5, 5.41) is 1.38. The van der Waals surface area contributed by atoms with Crippen molar-refractivity contribution in [2.75, 3.05) is 12.4 Å². The number of thioether (sulfide) groups is 1. The van der Waals surface area contributed by atoms with E-state index in [1.807, 2.05) is 36.4 Å². The van der Waals surface area contributed by atoms with Gasteiger partial charge in [0.05, 0.1) is 22.7 Å². The first kappa shape index (κ1) is 18.3.